The molecule has 0 spiro atoms. The zero-order valence-corrected chi connectivity index (χ0v) is 12.5. The first-order chi connectivity index (χ1) is 9.58. The molecule has 5 nitrogen and oxygen atoms in total. The zero-order chi connectivity index (χ0) is 15.0. The Labute approximate surface area is 123 Å². The van der Waals surface area contributed by atoms with E-state index in [1.165, 1.54) is 11.8 Å². The third-order valence-electron chi connectivity index (χ3n) is 2.80. The highest BCUT2D eigenvalue weighted by Gasteiger charge is 2.19. The molecule has 0 saturated carbocycles. The third kappa shape index (κ3) is 5.13. The Balaban J connectivity index is 2.63. The van der Waals surface area contributed by atoms with Crippen molar-refractivity contribution in [1.82, 2.24) is 5.32 Å². The van der Waals surface area contributed by atoms with Crippen LogP contribution < -0.4 is 10.6 Å². The molecule has 0 aliphatic heterocycles. The van der Waals surface area contributed by atoms with Crippen molar-refractivity contribution in [2.75, 3.05) is 11.6 Å². The fourth-order valence-corrected chi connectivity index (χ4v) is 2.28. The van der Waals surface area contributed by atoms with Gasteiger partial charge in [-0.15, -0.1) is 11.8 Å². The second-order valence-corrected chi connectivity index (χ2v) is 5.18. The summed E-state index contributed by atoms with van der Waals surface area (Å²) in [5.41, 5.74) is 0.678. The molecule has 0 aromatic heterocycles. The van der Waals surface area contributed by atoms with Gasteiger partial charge in [0.05, 0.1) is 5.69 Å². The topological polar surface area (TPSA) is 78.4 Å². The van der Waals surface area contributed by atoms with Gasteiger partial charge in [0.25, 0.3) is 0 Å². The Bertz CT molecular complexity index is 465. The Kier molecular flexibility index (Phi) is 6.93. The number of carboxylic acids is 1. The number of para-hydroxylation sites is 1. The predicted molar refractivity (Wildman–Crippen MR) is 81.3 cm³/mol. The number of carbonyl (C=O) groups is 2. The molecular weight excluding hydrogens is 276 g/mol. The normalized spacial score (nSPS) is 11.7. The number of benzene rings is 1. The molecular formula is C14H20N2O3S. The molecule has 0 aliphatic carbocycles. The summed E-state index contributed by atoms with van der Waals surface area (Å²) in [7, 11) is 0. The van der Waals surface area contributed by atoms with E-state index in [9.17, 15) is 9.59 Å². The summed E-state index contributed by atoms with van der Waals surface area (Å²) in [6.07, 6.45) is 4.00. The van der Waals surface area contributed by atoms with Crippen molar-refractivity contribution in [1.29, 1.82) is 0 Å². The van der Waals surface area contributed by atoms with Gasteiger partial charge in [-0.05, 0) is 24.8 Å². The summed E-state index contributed by atoms with van der Waals surface area (Å²) < 4.78 is 0. The van der Waals surface area contributed by atoms with Crippen molar-refractivity contribution in [2.24, 2.45) is 0 Å². The van der Waals surface area contributed by atoms with Crippen LogP contribution in [0.3, 0.4) is 0 Å². The van der Waals surface area contributed by atoms with E-state index in [0.29, 0.717) is 12.1 Å². The zero-order valence-electron chi connectivity index (χ0n) is 11.7. The van der Waals surface area contributed by atoms with Crippen molar-refractivity contribution in [2.45, 2.75) is 37.1 Å². The number of carboxylic acid groups (broad SMARTS) is 1. The molecule has 1 atom stereocenters. The van der Waals surface area contributed by atoms with Gasteiger partial charge in [0.1, 0.15) is 6.04 Å². The third-order valence-corrected chi connectivity index (χ3v) is 3.60. The second-order valence-electron chi connectivity index (χ2n) is 4.33. The van der Waals surface area contributed by atoms with Crippen LogP contribution in [-0.2, 0) is 4.79 Å². The van der Waals surface area contributed by atoms with E-state index < -0.39 is 18.0 Å². The number of rotatable bonds is 7. The van der Waals surface area contributed by atoms with Gasteiger partial charge in [-0.3, -0.25) is 0 Å². The molecule has 0 radical (unpaired) electrons. The van der Waals surface area contributed by atoms with E-state index in [1.807, 2.05) is 31.4 Å². The number of anilines is 1. The van der Waals surface area contributed by atoms with Crippen molar-refractivity contribution in [3.63, 3.8) is 0 Å². The molecule has 3 N–H and O–H groups in total. The van der Waals surface area contributed by atoms with Gasteiger partial charge >= 0.3 is 12.0 Å². The van der Waals surface area contributed by atoms with E-state index in [-0.39, 0.29) is 0 Å². The maximum atomic E-state index is 11.9. The van der Waals surface area contributed by atoms with Gasteiger partial charge in [0.2, 0.25) is 0 Å². The molecule has 6 heteroatoms. The highest BCUT2D eigenvalue weighted by molar-refractivity contribution is 7.98. The summed E-state index contributed by atoms with van der Waals surface area (Å²) in [6.45, 7) is 1.98. The highest BCUT2D eigenvalue weighted by Crippen LogP contribution is 2.24. The van der Waals surface area contributed by atoms with Crippen molar-refractivity contribution in [3.05, 3.63) is 24.3 Å². The van der Waals surface area contributed by atoms with E-state index in [0.717, 1.165) is 17.7 Å². The number of hydrogen-bond acceptors (Lipinski definition) is 3. The van der Waals surface area contributed by atoms with Crippen molar-refractivity contribution >= 4 is 29.4 Å². The van der Waals surface area contributed by atoms with E-state index in [1.54, 1.807) is 6.07 Å². The molecule has 0 bridgehead atoms. The molecule has 0 saturated heterocycles. The van der Waals surface area contributed by atoms with E-state index >= 15 is 0 Å². The average Bonchev–Trinajstić information content (AvgIpc) is 2.43. The standard InChI is InChI=1S/C14H20N2O3S/c1-3-4-7-11(13(17)18)16-14(19)15-10-8-5-6-9-12(10)20-2/h5-6,8-9,11H,3-4,7H2,1-2H3,(H,17,18)(H2,15,16,19). The maximum Gasteiger partial charge on any atom is 0.326 e. The number of urea groups is 1. The van der Waals surface area contributed by atoms with Crippen LogP contribution in [0.25, 0.3) is 0 Å². The van der Waals surface area contributed by atoms with Gasteiger partial charge < -0.3 is 15.7 Å². The van der Waals surface area contributed by atoms with Gasteiger partial charge in [-0.1, -0.05) is 31.9 Å². The lowest BCUT2D eigenvalue weighted by molar-refractivity contribution is -0.139. The number of amides is 2. The van der Waals surface area contributed by atoms with Gasteiger partial charge in [0, 0.05) is 4.90 Å². The summed E-state index contributed by atoms with van der Waals surface area (Å²) in [5.74, 6) is -1.01. The Morgan fingerprint density at radius 2 is 2.05 bits per heavy atom. The number of aliphatic carboxylic acids is 1. The van der Waals surface area contributed by atoms with Gasteiger partial charge in [-0.25, -0.2) is 9.59 Å². The van der Waals surface area contributed by atoms with Crippen LogP contribution >= 0.6 is 11.8 Å². The van der Waals surface area contributed by atoms with Crippen LogP contribution in [0.4, 0.5) is 10.5 Å². The summed E-state index contributed by atoms with van der Waals surface area (Å²) in [4.78, 5) is 23.9. The molecule has 0 fully saturated rings. The smallest absolute Gasteiger partial charge is 0.326 e. The van der Waals surface area contributed by atoms with Crippen LogP contribution in [0, 0.1) is 0 Å². The van der Waals surface area contributed by atoms with Gasteiger partial charge in [-0.2, -0.15) is 0 Å². The fourth-order valence-electron chi connectivity index (χ4n) is 1.73. The average molecular weight is 296 g/mol. The molecule has 0 heterocycles. The number of hydrogen-bond donors (Lipinski definition) is 3. The quantitative estimate of drug-likeness (QED) is 0.675. The lowest BCUT2D eigenvalue weighted by Gasteiger charge is -2.15. The molecule has 2 amide bonds. The van der Waals surface area contributed by atoms with Crippen LogP contribution in [-0.4, -0.2) is 29.4 Å². The first-order valence-electron chi connectivity index (χ1n) is 6.51. The largest absolute Gasteiger partial charge is 0.480 e. The first-order valence-corrected chi connectivity index (χ1v) is 7.74. The minimum atomic E-state index is -1.01. The molecule has 0 aliphatic rings. The molecule has 1 unspecified atom stereocenters. The second kappa shape index (κ2) is 8.47. The number of thioether (sulfide) groups is 1. The number of unbranched alkanes of at least 4 members (excludes halogenated alkanes) is 1. The fraction of sp³-hybridized carbons (Fsp3) is 0.429. The molecule has 1 aromatic rings. The van der Waals surface area contributed by atoms with Crippen molar-refractivity contribution in [3.8, 4) is 0 Å². The van der Waals surface area contributed by atoms with E-state index in [2.05, 4.69) is 10.6 Å². The number of carbonyl (C=O) groups excluding carboxylic acids is 1. The maximum absolute atomic E-state index is 11.9. The molecule has 20 heavy (non-hydrogen) atoms. The summed E-state index contributed by atoms with van der Waals surface area (Å²) in [5, 5.41) is 14.3. The Morgan fingerprint density at radius 3 is 2.65 bits per heavy atom. The Morgan fingerprint density at radius 1 is 1.35 bits per heavy atom. The highest BCUT2D eigenvalue weighted by atomic mass is 32.2. The monoisotopic (exact) mass is 296 g/mol. The van der Waals surface area contributed by atoms with Crippen LogP contribution in [0.5, 0.6) is 0 Å². The minimum Gasteiger partial charge on any atom is -0.480 e. The SMILES string of the molecule is CCCCC(NC(=O)Nc1ccccc1SC)C(=O)O. The molecule has 1 aromatic carbocycles. The lowest BCUT2D eigenvalue weighted by Crippen LogP contribution is -2.43. The Hall–Kier alpha value is -1.69. The first kappa shape index (κ1) is 16.4. The van der Waals surface area contributed by atoms with E-state index in [4.69, 9.17) is 5.11 Å². The minimum absolute atomic E-state index is 0.434. The summed E-state index contributed by atoms with van der Waals surface area (Å²) >= 11 is 1.52. The molecule has 110 valence electrons. The number of nitrogens with one attached hydrogen (secondary N) is 2. The van der Waals surface area contributed by atoms with Gasteiger partial charge in [0.15, 0.2) is 0 Å². The predicted octanol–water partition coefficient (Wildman–Crippen LogP) is 3.17. The van der Waals surface area contributed by atoms with Crippen molar-refractivity contribution < 1.29 is 14.7 Å². The lowest BCUT2D eigenvalue weighted by atomic mass is 10.1. The molecule has 1 rings (SSSR count). The van der Waals surface area contributed by atoms with Crippen LogP contribution in [0.15, 0.2) is 29.2 Å². The summed E-state index contributed by atoms with van der Waals surface area (Å²) in [6, 6.07) is 6.04. The van der Waals surface area contributed by atoms with Crippen LogP contribution in [0.2, 0.25) is 0 Å². The van der Waals surface area contributed by atoms with Crippen LogP contribution in [0.1, 0.15) is 26.2 Å².